The number of hydrogen-bond donors (Lipinski definition) is 0. The Bertz CT molecular complexity index is 136. The molecule has 1 unspecified atom stereocenters. The van der Waals surface area contributed by atoms with Gasteiger partial charge in [0.15, 0.2) is 0 Å². The van der Waals surface area contributed by atoms with Crippen LogP contribution in [0.4, 0.5) is 0 Å². The lowest BCUT2D eigenvalue weighted by Gasteiger charge is -2.32. The fraction of sp³-hybridized carbons (Fsp3) is 1.00. The van der Waals surface area contributed by atoms with Gasteiger partial charge in [-0.15, -0.1) is 11.6 Å². The largest absolute Gasteiger partial charge is 0.394 e. The summed E-state index contributed by atoms with van der Waals surface area (Å²) in [6.45, 7) is 11.6. The van der Waals surface area contributed by atoms with E-state index in [9.17, 15) is 0 Å². The van der Waals surface area contributed by atoms with Gasteiger partial charge in [-0.2, -0.15) is 0 Å². The summed E-state index contributed by atoms with van der Waals surface area (Å²) < 4.78 is 11.4. The van der Waals surface area contributed by atoms with Gasteiger partial charge < -0.3 is 8.85 Å². The molecule has 1 atom stereocenters. The minimum Gasteiger partial charge on any atom is -0.394 e. The van der Waals surface area contributed by atoms with Crippen molar-refractivity contribution in [2.24, 2.45) is 5.92 Å². The fourth-order valence-electron chi connectivity index (χ4n) is 1.38. The summed E-state index contributed by atoms with van der Waals surface area (Å²) in [7, 11) is -2.15. The van der Waals surface area contributed by atoms with Gasteiger partial charge in [0.05, 0.1) is 5.00 Å². The van der Waals surface area contributed by atoms with Crippen molar-refractivity contribution in [1.82, 2.24) is 0 Å². The molecule has 0 amide bonds. The first-order valence-corrected chi connectivity index (χ1v) is 7.73. The van der Waals surface area contributed by atoms with Crippen molar-refractivity contribution in [3.8, 4) is 0 Å². The zero-order valence-electron chi connectivity index (χ0n) is 9.26. The Labute approximate surface area is 87.8 Å². The Morgan fingerprint density at radius 2 is 1.54 bits per heavy atom. The van der Waals surface area contributed by atoms with Crippen LogP contribution in [-0.2, 0) is 8.85 Å². The van der Waals surface area contributed by atoms with Gasteiger partial charge in [0.2, 0.25) is 0 Å². The van der Waals surface area contributed by atoms with Crippen LogP contribution in [0.3, 0.4) is 0 Å². The first-order valence-electron chi connectivity index (χ1n) is 4.89. The molecule has 2 nitrogen and oxygen atoms in total. The first-order chi connectivity index (χ1) is 5.98. The van der Waals surface area contributed by atoms with Gasteiger partial charge in [-0.05, 0) is 26.3 Å². The lowest BCUT2D eigenvalue weighted by atomic mass is 10.3. The van der Waals surface area contributed by atoms with E-state index in [1.165, 1.54) is 0 Å². The average molecular weight is 225 g/mol. The Morgan fingerprint density at radius 3 is 1.77 bits per heavy atom. The maximum atomic E-state index is 6.29. The highest BCUT2D eigenvalue weighted by atomic mass is 35.5. The van der Waals surface area contributed by atoms with Gasteiger partial charge in [0.25, 0.3) is 0 Å². The minimum atomic E-state index is -2.15. The second-order valence-corrected chi connectivity index (χ2v) is 7.60. The summed E-state index contributed by atoms with van der Waals surface area (Å²) in [6.07, 6.45) is 0. The zero-order valence-corrected chi connectivity index (χ0v) is 11.0. The van der Waals surface area contributed by atoms with Gasteiger partial charge >= 0.3 is 8.56 Å². The van der Waals surface area contributed by atoms with Gasteiger partial charge in [-0.3, -0.25) is 0 Å². The van der Waals surface area contributed by atoms with E-state index in [2.05, 4.69) is 13.8 Å². The number of alkyl halides is 1. The topological polar surface area (TPSA) is 18.5 Å². The summed E-state index contributed by atoms with van der Waals surface area (Å²) in [5.41, 5.74) is 0. The van der Waals surface area contributed by atoms with Gasteiger partial charge in [0.1, 0.15) is 0 Å². The lowest BCUT2D eigenvalue weighted by molar-refractivity contribution is 0.182. The molecular weight excluding hydrogens is 204 g/mol. The standard InChI is InChI=1S/C9H21ClO2Si/c1-6-11-13(5,12-7-2)9(10)8(3)4/h8-9H,6-7H2,1-5H3. The number of hydrogen-bond acceptors (Lipinski definition) is 2. The molecule has 0 aliphatic rings. The summed E-state index contributed by atoms with van der Waals surface area (Å²) in [5.74, 6) is 0.399. The van der Waals surface area contributed by atoms with Crippen LogP contribution in [0.15, 0.2) is 0 Å². The number of rotatable bonds is 6. The third-order valence-electron chi connectivity index (χ3n) is 1.95. The molecule has 0 rings (SSSR count). The van der Waals surface area contributed by atoms with Crippen molar-refractivity contribution in [3.63, 3.8) is 0 Å². The van der Waals surface area contributed by atoms with E-state index in [1.54, 1.807) is 0 Å². The predicted octanol–water partition coefficient (Wildman–Crippen LogP) is 2.93. The molecule has 0 aromatic heterocycles. The first kappa shape index (κ1) is 13.4. The molecule has 0 saturated carbocycles. The number of halogens is 1. The smallest absolute Gasteiger partial charge is 0.353 e. The molecule has 0 radical (unpaired) electrons. The molecule has 0 N–H and O–H groups in total. The molecule has 0 aliphatic heterocycles. The average Bonchev–Trinajstić information content (AvgIpc) is 2.03. The van der Waals surface area contributed by atoms with E-state index in [-0.39, 0.29) is 5.00 Å². The summed E-state index contributed by atoms with van der Waals surface area (Å²) >= 11 is 6.29. The third kappa shape index (κ3) is 3.98. The second kappa shape index (κ2) is 6.01. The van der Waals surface area contributed by atoms with Crippen molar-refractivity contribution >= 4 is 20.2 Å². The van der Waals surface area contributed by atoms with Crippen molar-refractivity contribution < 1.29 is 8.85 Å². The van der Waals surface area contributed by atoms with Crippen LogP contribution in [-0.4, -0.2) is 26.8 Å². The highest BCUT2D eigenvalue weighted by molar-refractivity contribution is 6.75. The molecule has 0 aliphatic carbocycles. The molecular formula is C9H21ClO2Si. The molecule has 4 heteroatoms. The summed E-state index contributed by atoms with van der Waals surface area (Å²) in [5, 5.41) is 0.0207. The normalized spacial score (nSPS) is 15.0. The third-order valence-corrected chi connectivity index (χ3v) is 7.03. The zero-order chi connectivity index (χ0) is 10.5. The molecule has 80 valence electrons. The van der Waals surface area contributed by atoms with Crippen LogP contribution in [0, 0.1) is 5.92 Å². The quantitative estimate of drug-likeness (QED) is 0.510. The van der Waals surface area contributed by atoms with Crippen LogP contribution in [0.2, 0.25) is 6.55 Å². The highest BCUT2D eigenvalue weighted by Gasteiger charge is 2.41. The Hall–Kier alpha value is 0.427. The fourth-order valence-corrected chi connectivity index (χ4v) is 4.52. The Morgan fingerprint density at radius 1 is 1.15 bits per heavy atom. The monoisotopic (exact) mass is 224 g/mol. The highest BCUT2D eigenvalue weighted by Crippen LogP contribution is 2.24. The van der Waals surface area contributed by atoms with Crippen LogP contribution >= 0.6 is 11.6 Å². The molecule has 0 aromatic carbocycles. The van der Waals surface area contributed by atoms with Gasteiger partial charge in [-0.1, -0.05) is 13.8 Å². The minimum absolute atomic E-state index is 0.0207. The van der Waals surface area contributed by atoms with Crippen LogP contribution < -0.4 is 0 Å². The Kier molecular flexibility index (Phi) is 6.21. The van der Waals surface area contributed by atoms with E-state index >= 15 is 0 Å². The van der Waals surface area contributed by atoms with Crippen molar-refractivity contribution in [3.05, 3.63) is 0 Å². The molecule has 0 heterocycles. The summed E-state index contributed by atoms with van der Waals surface area (Å²) in [6, 6.07) is 0. The van der Waals surface area contributed by atoms with E-state index < -0.39 is 8.56 Å². The summed E-state index contributed by atoms with van der Waals surface area (Å²) in [4.78, 5) is 0. The predicted molar refractivity (Wildman–Crippen MR) is 59.3 cm³/mol. The molecule has 0 saturated heterocycles. The maximum absolute atomic E-state index is 6.29. The molecule has 0 spiro atoms. The second-order valence-electron chi connectivity index (χ2n) is 3.53. The lowest BCUT2D eigenvalue weighted by Crippen LogP contribution is -2.50. The van der Waals surface area contributed by atoms with E-state index in [1.807, 2.05) is 20.4 Å². The van der Waals surface area contributed by atoms with E-state index in [0.29, 0.717) is 19.1 Å². The van der Waals surface area contributed by atoms with Crippen molar-refractivity contribution in [2.75, 3.05) is 13.2 Å². The van der Waals surface area contributed by atoms with Crippen LogP contribution in [0.25, 0.3) is 0 Å². The SMILES string of the molecule is CCO[Si](C)(OCC)C(Cl)C(C)C. The molecule has 0 aromatic rings. The van der Waals surface area contributed by atoms with Gasteiger partial charge in [-0.25, -0.2) is 0 Å². The molecule has 13 heavy (non-hydrogen) atoms. The van der Waals surface area contributed by atoms with Crippen LogP contribution in [0.5, 0.6) is 0 Å². The van der Waals surface area contributed by atoms with E-state index in [0.717, 1.165) is 0 Å². The van der Waals surface area contributed by atoms with Crippen molar-refractivity contribution in [1.29, 1.82) is 0 Å². The van der Waals surface area contributed by atoms with E-state index in [4.69, 9.17) is 20.5 Å². The molecule has 0 bridgehead atoms. The Balaban J connectivity index is 4.36. The molecule has 0 fully saturated rings. The maximum Gasteiger partial charge on any atom is 0.353 e. The van der Waals surface area contributed by atoms with Crippen LogP contribution in [0.1, 0.15) is 27.7 Å². The van der Waals surface area contributed by atoms with Gasteiger partial charge in [0, 0.05) is 13.2 Å². The van der Waals surface area contributed by atoms with Crippen molar-refractivity contribution in [2.45, 2.75) is 39.2 Å².